The van der Waals surface area contributed by atoms with Crippen molar-refractivity contribution in [2.45, 2.75) is 58.3 Å². The summed E-state index contributed by atoms with van der Waals surface area (Å²) < 4.78 is 0. The lowest BCUT2D eigenvalue weighted by molar-refractivity contribution is -0.135. The summed E-state index contributed by atoms with van der Waals surface area (Å²) in [4.78, 5) is 35.7. The van der Waals surface area contributed by atoms with Crippen LogP contribution in [0.1, 0.15) is 62.8 Å². The maximum atomic E-state index is 12.9. The Labute approximate surface area is 174 Å². The molecule has 0 unspecified atom stereocenters. The Morgan fingerprint density at radius 3 is 2.34 bits per heavy atom. The summed E-state index contributed by atoms with van der Waals surface area (Å²) in [5.74, 6) is 1.12. The maximum absolute atomic E-state index is 12.9. The second-order valence-corrected chi connectivity index (χ2v) is 8.99. The SMILES string of the molecule is CC(=O)N1CCN(c2cc(C)nc([C@H]3CCN(C(=O)C4CCCCC4)C3)c2)CC1. The van der Waals surface area contributed by atoms with E-state index in [1.165, 1.54) is 24.9 Å². The fourth-order valence-corrected chi connectivity index (χ4v) is 5.16. The van der Waals surface area contributed by atoms with Gasteiger partial charge in [0, 0.05) is 75.1 Å². The lowest BCUT2D eigenvalue weighted by Gasteiger charge is -2.36. The molecule has 0 spiro atoms. The van der Waals surface area contributed by atoms with Gasteiger partial charge < -0.3 is 14.7 Å². The lowest BCUT2D eigenvalue weighted by atomic mass is 9.88. The van der Waals surface area contributed by atoms with Crippen LogP contribution in [0.2, 0.25) is 0 Å². The van der Waals surface area contributed by atoms with Gasteiger partial charge >= 0.3 is 0 Å². The summed E-state index contributed by atoms with van der Waals surface area (Å²) >= 11 is 0. The van der Waals surface area contributed by atoms with Gasteiger partial charge in [0.05, 0.1) is 0 Å². The molecule has 3 aliphatic rings. The van der Waals surface area contributed by atoms with E-state index in [0.717, 1.165) is 69.9 Å². The molecular weight excluding hydrogens is 364 g/mol. The normalized spacial score (nSPS) is 23.5. The van der Waals surface area contributed by atoms with Crippen molar-refractivity contribution in [2.75, 3.05) is 44.2 Å². The van der Waals surface area contributed by atoms with E-state index < -0.39 is 0 Å². The minimum absolute atomic E-state index is 0.157. The van der Waals surface area contributed by atoms with Crippen molar-refractivity contribution in [3.8, 4) is 0 Å². The van der Waals surface area contributed by atoms with E-state index in [4.69, 9.17) is 4.98 Å². The number of piperazine rings is 1. The molecule has 158 valence electrons. The number of pyridine rings is 1. The molecule has 1 aromatic rings. The van der Waals surface area contributed by atoms with Crippen LogP contribution in [0.3, 0.4) is 0 Å². The van der Waals surface area contributed by atoms with E-state index in [-0.39, 0.29) is 11.8 Å². The van der Waals surface area contributed by atoms with Crippen LogP contribution >= 0.6 is 0 Å². The number of hydrogen-bond donors (Lipinski definition) is 0. The highest BCUT2D eigenvalue weighted by atomic mass is 16.2. The molecule has 0 bridgehead atoms. The molecule has 2 amide bonds. The van der Waals surface area contributed by atoms with Crippen LogP contribution in [-0.2, 0) is 9.59 Å². The van der Waals surface area contributed by atoms with E-state index in [1.807, 2.05) is 4.90 Å². The number of nitrogens with zero attached hydrogens (tertiary/aromatic N) is 4. The first-order chi connectivity index (χ1) is 14.0. The first-order valence-corrected chi connectivity index (χ1v) is 11.3. The summed E-state index contributed by atoms with van der Waals surface area (Å²) in [6, 6.07) is 4.36. The van der Waals surface area contributed by atoms with E-state index in [9.17, 15) is 9.59 Å². The van der Waals surface area contributed by atoms with Gasteiger partial charge in [-0.2, -0.15) is 0 Å². The summed E-state index contributed by atoms with van der Waals surface area (Å²) in [7, 11) is 0. The van der Waals surface area contributed by atoms with Gasteiger partial charge in [-0.3, -0.25) is 14.6 Å². The van der Waals surface area contributed by atoms with E-state index in [0.29, 0.717) is 11.8 Å². The number of amides is 2. The zero-order chi connectivity index (χ0) is 20.4. The molecule has 3 fully saturated rings. The average Bonchev–Trinajstić information content (AvgIpc) is 3.24. The van der Waals surface area contributed by atoms with Gasteiger partial charge in [-0.25, -0.2) is 0 Å². The van der Waals surface area contributed by atoms with Crippen molar-refractivity contribution in [2.24, 2.45) is 5.92 Å². The zero-order valence-electron chi connectivity index (χ0n) is 17.9. The molecule has 4 rings (SSSR count). The number of anilines is 1. The quantitative estimate of drug-likeness (QED) is 0.786. The maximum Gasteiger partial charge on any atom is 0.225 e. The topological polar surface area (TPSA) is 56.8 Å². The van der Waals surface area contributed by atoms with Gasteiger partial charge in [-0.15, -0.1) is 0 Å². The third-order valence-electron chi connectivity index (χ3n) is 6.92. The smallest absolute Gasteiger partial charge is 0.225 e. The third kappa shape index (κ3) is 4.57. The average molecular weight is 399 g/mol. The minimum Gasteiger partial charge on any atom is -0.368 e. The van der Waals surface area contributed by atoms with Crippen LogP contribution in [0, 0.1) is 12.8 Å². The van der Waals surface area contributed by atoms with Crippen LogP contribution in [0.25, 0.3) is 0 Å². The number of aromatic nitrogens is 1. The zero-order valence-corrected chi connectivity index (χ0v) is 17.9. The first kappa shape index (κ1) is 20.2. The Balaban J connectivity index is 1.41. The first-order valence-electron chi connectivity index (χ1n) is 11.3. The van der Waals surface area contributed by atoms with Crippen molar-refractivity contribution in [3.05, 3.63) is 23.5 Å². The monoisotopic (exact) mass is 398 g/mol. The van der Waals surface area contributed by atoms with E-state index >= 15 is 0 Å². The highest BCUT2D eigenvalue weighted by Crippen LogP contribution is 2.32. The molecule has 1 saturated carbocycles. The molecule has 0 aromatic carbocycles. The molecule has 1 atom stereocenters. The Morgan fingerprint density at radius 2 is 1.66 bits per heavy atom. The van der Waals surface area contributed by atoms with Crippen molar-refractivity contribution in [1.82, 2.24) is 14.8 Å². The van der Waals surface area contributed by atoms with Crippen LogP contribution < -0.4 is 4.90 Å². The van der Waals surface area contributed by atoms with Crippen LogP contribution in [0.5, 0.6) is 0 Å². The fourth-order valence-electron chi connectivity index (χ4n) is 5.16. The number of carbonyl (C=O) groups excluding carboxylic acids is 2. The molecular formula is C23H34N4O2. The summed E-state index contributed by atoms with van der Waals surface area (Å²) in [6.45, 7) is 8.65. The molecule has 29 heavy (non-hydrogen) atoms. The standard InChI is InChI=1S/C23H34N4O2/c1-17-14-21(26-12-10-25(11-13-26)18(2)28)15-22(24-17)20-8-9-27(16-20)23(29)19-6-4-3-5-7-19/h14-15,19-20H,3-13,16H2,1-2H3/t20-/m0/s1. The number of rotatable bonds is 3. The summed E-state index contributed by atoms with van der Waals surface area (Å²) in [5, 5.41) is 0. The molecule has 6 heteroatoms. The molecule has 0 N–H and O–H groups in total. The fraction of sp³-hybridized carbons (Fsp3) is 0.696. The third-order valence-corrected chi connectivity index (χ3v) is 6.92. The number of carbonyl (C=O) groups is 2. The van der Waals surface area contributed by atoms with Crippen molar-refractivity contribution >= 4 is 17.5 Å². The van der Waals surface area contributed by atoms with Gasteiger partial charge in [-0.1, -0.05) is 19.3 Å². The van der Waals surface area contributed by atoms with E-state index in [1.54, 1.807) is 6.92 Å². The Hall–Kier alpha value is -2.11. The molecule has 6 nitrogen and oxygen atoms in total. The highest BCUT2D eigenvalue weighted by molar-refractivity contribution is 5.79. The molecule has 1 aliphatic carbocycles. The molecule has 0 radical (unpaired) electrons. The largest absolute Gasteiger partial charge is 0.368 e. The van der Waals surface area contributed by atoms with Crippen molar-refractivity contribution in [3.63, 3.8) is 0 Å². The van der Waals surface area contributed by atoms with Gasteiger partial charge in [0.2, 0.25) is 11.8 Å². The van der Waals surface area contributed by atoms with Crippen molar-refractivity contribution < 1.29 is 9.59 Å². The number of likely N-dealkylation sites (tertiary alicyclic amines) is 1. The minimum atomic E-state index is 0.157. The second kappa shape index (κ2) is 8.72. The Bertz CT molecular complexity index is 751. The van der Waals surface area contributed by atoms with Gasteiger partial charge in [0.15, 0.2) is 0 Å². The van der Waals surface area contributed by atoms with Crippen molar-refractivity contribution in [1.29, 1.82) is 0 Å². The number of aryl methyl sites for hydroxylation is 1. The molecule has 1 aromatic heterocycles. The van der Waals surface area contributed by atoms with Crippen LogP contribution in [0.15, 0.2) is 12.1 Å². The predicted octanol–water partition coefficient (Wildman–Crippen LogP) is 2.95. The molecule has 2 saturated heterocycles. The highest BCUT2D eigenvalue weighted by Gasteiger charge is 2.33. The van der Waals surface area contributed by atoms with Gasteiger partial charge in [0.25, 0.3) is 0 Å². The van der Waals surface area contributed by atoms with Crippen LogP contribution in [0.4, 0.5) is 5.69 Å². The van der Waals surface area contributed by atoms with Crippen LogP contribution in [-0.4, -0.2) is 65.9 Å². The van der Waals surface area contributed by atoms with Gasteiger partial charge in [0.1, 0.15) is 0 Å². The lowest BCUT2D eigenvalue weighted by Crippen LogP contribution is -2.48. The predicted molar refractivity (Wildman–Crippen MR) is 114 cm³/mol. The Morgan fingerprint density at radius 1 is 0.931 bits per heavy atom. The molecule has 2 aliphatic heterocycles. The molecule has 3 heterocycles. The summed E-state index contributed by atoms with van der Waals surface area (Å²) in [5.41, 5.74) is 3.35. The van der Waals surface area contributed by atoms with E-state index in [2.05, 4.69) is 28.9 Å². The summed E-state index contributed by atoms with van der Waals surface area (Å²) in [6.07, 6.45) is 6.83. The van der Waals surface area contributed by atoms with Gasteiger partial charge in [-0.05, 0) is 38.3 Å². The Kier molecular flexibility index (Phi) is 6.07. The number of hydrogen-bond acceptors (Lipinski definition) is 4. The second-order valence-electron chi connectivity index (χ2n) is 8.99.